The number of amides is 1. The Hall–Kier alpha value is -3.07. The van der Waals surface area contributed by atoms with Crippen LogP contribution in [0.2, 0.25) is 0 Å². The van der Waals surface area contributed by atoms with Crippen LogP contribution in [-0.2, 0) is 16.6 Å². The second kappa shape index (κ2) is 10.0. The highest BCUT2D eigenvalue weighted by molar-refractivity contribution is 7.89. The van der Waals surface area contributed by atoms with E-state index in [1.165, 1.54) is 52.1 Å². The minimum Gasteiger partial charge on any atom is -0.312 e. The van der Waals surface area contributed by atoms with Crippen molar-refractivity contribution in [3.05, 3.63) is 96.4 Å². The van der Waals surface area contributed by atoms with Gasteiger partial charge in [-0.25, -0.2) is 8.42 Å². The average Bonchev–Trinajstić information content (AvgIpc) is 3.12. The summed E-state index contributed by atoms with van der Waals surface area (Å²) >= 11 is 1.43. The number of fused-ring (bicyclic) bond motifs is 1. The van der Waals surface area contributed by atoms with Gasteiger partial charge in [-0.05, 0) is 42.8 Å². The molecule has 1 aromatic heterocycles. The van der Waals surface area contributed by atoms with Crippen LogP contribution in [0.15, 0.2) is 90.3 Å². The number of nitrogens with zero attached hydrogens (tertiary/aromatic N) is 3. The standard InChI is InChI=1S/C24H25N3O3S2/c1-5-15-26(16-6-2)32(29,30)20-13-11-19(12-14-20)23(28)25-24-27(17-7-3)22-18(4)9-8-10-21(22)31-24/h5-14H,1-3,15-17H2,4H3. The zero-order valence-corrected chi connectivity index (χ0v) is 19.5. The minimum absolute atomic E-state index is 0.0944. The van der Waals surface area contributed by atoms with Crippen molar-refractivity contribution in [2.75, 3.05) is 13.1 Å². The number of carbonyl (C=O) groups is 1. The summed E-state index contributed by atoms with van der Waals surface area (Å²) in [5.74, 6) is -0.440. The van der Waals surface area contributed by atoms with Crippen molar-refractivity contribution in [2.45, 2.75) is 18.4 Å². The molecule has 0 spiro atoms. The molecular formula is C24H25N3O3S2. The number of aromatic nitrogens is 1. The van der Waals surface area contributed by atoms with Crippen molar-refractivity contribution < 1.29 is 13.2 Å². The maximum absolute atomic E-state index is 12.8. The molecule has 3 aromatic rings. The molecular weight excluding hydrogens is 442 g/mol. The molecule has 1 heterocycles. The quantitative estimate of drug-likeness (QED) is 0.441. The lowest BCUT2D eigenvalue weighted by atomic mass is 10.2. The lowest BCUT2D eigenvalue weighted by molar-refractivity contribution is 0.0997. The first-order valence-electron chi connectivity index (χ1n) is 9.94. The van der Waals surface area contributed by atoms with Crippen molar-refractivity contribution in [1.29, 1.82) is 0 Å². The van der Waals surface area contributed by atoms with Crippen LogP contribution >= 0.6 is 11.3 Å². The number of benzene rings is 2. The summed E-state index contributed by atoms with van der Waals surface area (Å²) in [5.41, 5.74) is 2.42. The predicted molar refractivity (Wildman–Crippen MR) is 130 cm³/mol. The Bertz CT molecular complexity index is 1340. The maximum atomic E-state index is 12.8. The van der Waals surface area contributed by atoms with E-state index >= 15 is 0 Å². The van der Waals surface area contributed by atoms with Gasteiger partial charge in [0, 0.05) is 25.2 Å². The van der Waals surface area contributed by atoms with Gasteiger partial charge in [0.15, 0.2) is 4.80 Å². The Labute approximate surface area is 192 Å². The van der Waals surface area contributed by atoms with E-state index < -0.39 is 15.9 Å². The van der Waals surface area contributed by atoms with Crippen LogP contribution in [0.3, 0.4) is 0 Å². The Kier molecular flexibility index (Phi) is 7.40. The van der Waals surface area contributed by atoms with Gasteiger partial charge in [0.05, 0.1) is 15.1 Å². The molecule has 1 amide bonds. The summed E-state index contributed by atoms with van der Waals surface area (Å²) < 4.78 is 29.9. The van der Waals surface area contributed by atoms with Crippen LogP contribution in [0.5, 0.6) is 0 Å². The molecule has 0 N–H and O–H groups in total. The molecule has 0 radical (unpaired) electrons. The molecule has 0 atom stereocenters. The first-order chi connectivity index (χ1) is 15.3. The SMILES string of the molecule is C=CCN(CC=C)S(=O)(=O)c1ccc(C(=O)N=c2sc3cccc(C)c3n2CC=C)cc1. The molecule has 3 rings (SSSR count). The molecule has 0 bridgehead atoms. The Morgan fingerprint density at radius 1 is 1.06 bits per heavy atom. The number of hydrogen-bond donors (Lipinski definition) is 0. The highest BCUT2D eigenvalue weighted by Gasteiger charge is 2.22. The molecule has 0 aliphatic rings. The molecule has 166 valence electrons. The van der Waals surface area contributed by atoms with E-state index in [2.05, 4.69) is 24.7 Å². The molecule has 0 aliphatic heterocycles. The van der Waals surface area contributed by atoms with E-state index in [1.54, 1.807) is 6.08 Å². The highest BCUT2D eigenvalue weighted by Crippen LogP contribution is 2.21. The zero-order chi connectivity index (χ0) is 23.3. The summed E-state index contributed by atoms with van der Waals surface area (Å²) in [6.45, 7) is 13.9. The number of hydrogen-bond acceptors (Lipinski definition) is 4. The molecule has 0 saturated heterocycles. The van der Waals surface area contributed by atoms with Crippen LogP contribution in [-0.4, -0.2) is 36.3 Å². The first-order valence-corrected chi connectivity index (χ1v) is 12.2. The van der Waals surface area contributed by atoms with Crippen molar-refractivity contribution in [2.24, 2.45) is 4.99 Å². The normalized spacial score (nSPS) is 12.2. The number of aryl methyl sites for hydroxylation is 1. The molecule has 0 unspecified atom stereocenters. The van der Waals surface area contributed by atoms with E-state index in [9.17, 15) is 13.2 Å². The summed E-state index contributed by atoms with van der Waals surface area (Å²) in [6, 6.07) is 11.8. The van der Waals surface area contributed by atoms with Gasteiger partial charge in [-0.15, -0.1) is 19.7 Å². The van der Waals surface area contributed by atoms with E-state index in [-0.39, 0.29) is 18.0 Å². The van der Waals surface area contributed by atoms with Crippen LogP contribution in [0, 0.1) is 6.92 Å². The third-order valence-electron chi connectivity index (χ3n) is 4.82. The first kappa shape index (κ1) is 23.6. The van der Waals surface area contributed by atoms with Crippen molar-refractivity contribution in [3.63, 3.8) is 0 Å². The Balaban J connectivity index is 1.98. The summed E-state index contributed by atoms with van der Waals surface area (Å²) in [5, 5.41) is 0. The zero-order valence-electron chi connectivity index (χ0n) is 17.9. The number of carbonyl (C=O) groups excluding carboxylic acids is 1. The second-order valence-electron chi connectivity index (χ2n) is 7.05. The van der Waals surface area contributed by atoms with Gasteiger partial charge in [-0.1, -0.05) is 41.7 Å². The molecule has 6 nitrogen and oxygen atoms in total. The largest absolute Gasteiger partial charge is 0.312 e. The fourth-order valence-corrected chi connectivity index (χ4v) is 5.82. The number of para-hydroxylation sites is 1. The van der Waals surface area contributed by atoms with E-state index in [1.807, 2.05) is 29.7 Å². The average molecular weight is 468 g/mol. The van der Waals surface area contributed by atoms with E-state index in [4.69, 9.17) is 0 Å². The van der Waals surface area contributed by atoms with E-state index in [0.717, 1.165) is 15.8 Å². The van der Waals surface area contributed by atoms with Gasteiger partial charge in [-0.2, -0.15) is 9.30 Å². The van der Waals surface area contributed by atoms with Crippen LogP contribution in [0.25, 0.3) is 10.2 Å². The minimum atomic E-state index is -3.73. The Morgan fingerprint density at radius 2 is 1.72 bits per heavy atom. The smallest absolute Gasteiger partial charge is 0.279 e. The van der Waals surface area contributed by atoms with Gasteiger partial charge >= 0.3 is 0 Å². The summed E-state index contributed by atoms with van der Waals surface area (Å²) in [6.07, 6.45) is 4.80. The number of allylic oxidation sites excluding steroid dienone is 1. The lowest BCUT2D eigenvalue weighted by Crippen LogP contribution is -2.31. The maximum Gasteiger partial charge on any atom is 0.279 e. The molecule has 0 saturated carbocycles. The van der Waals surface area contributed by atoms with Crippen molar-refractivity contribution in [1.82, 2.24) is 8.87 Å². The van der Waals surface area contributed by atoms with Gasteiger partial charge in [0.2, 0.25) is 10.0 Å². The van der Waals surface area contributed by atoms with Gasteiger partial charge in [-0.3, -0.25) is 4.79 Å². The Morgan fingerprint density at radius 3 is 2.31 bits per heavy atom. The molecule has 2 aromatic carbocycles. The van der Waals surface area contributed by atoms with Crippen LogP contribution < -0.4 is 4.80 Å². The van der Waals surface area contributed by atoms with Crippen LogP contribution in [0.1, 0.15) is 15.9 Å². The number of sulfonamides is 1. The van der Waals surface area contributed by atoms with Crippen molar-refractivity contribution in [3.8, 4) is 0 Å². The highest BCUT2D eigenvalue weighted by atomic mass is 32.2. The number of rotatable bonds is 9. The fraction of sp³-hybridized carbons (Fsp3) is 0.167. The topological polar surface area (TPSA) is 71.7 Å². The van der Waals surface area contributed by atoms with Gasteiger partial charge in [0.1, 0.15) is 0 Å². The van der Waals surface area contributed by atoms with Crippen molar-refractivity contribution >= 4 is 37.5 Å². The van der Waals surface area contributed by atoms with Gasteiger partial charge in [0.25, 0.3) is 5.91 Å². The second-order valence-corrected chi connectivity index (χ2v) is 9.99. The lowest BCUT2D eigenvalue weighted by Gasteiger charge is -2.19. The number of thiazole rings is 1. The molecule has 8 heteroatoms. The molecule has 0 aliphatic carbocycles. The summed E-state index contributed by atoms with van der Waals surface area (Å²) in [7, 11) is -3.73. The molecule has 32 heavy (non-hydrogen) atoms. The predicted octanol–water partition coefficient (Wildman–Crippen LogP) is 4.30. The third-order valence-corrected chi connectivity index (χ3v) is 7.71. The molecule has 0 fully saturated rings. The monoisotopic (exact) mass is 467 g/mol. The van der Waals surface area contributed by atoms with Gasteiger partial charge < -0.3 is 4.57 Å². The third kappa shape index (κ3) is 4.72. The fourth-order valence-electron chi connectivity index (χ4n) is 3.32. The van der Waals surface area contributed by atoms with Crippen LogP contribution in [0.4, 0.5) is 0 Å². The summed E-state index contributed by atoms with van der Waals surface area (Å²) in [4.78, 5) is 17.8. The van der Waals surface area contributed by atoms with E-state index in [0.29, 0.717) is 16.9 Å².